The molecule has 1 N–H and O–H groups in total. The summed E-state index contributed by atoms with van der Waals surface area (Å²) >= 11 is 3.39. The Balaban J connectivity index is 1.97. The molecule has 2 aliphatic rings. The Hall–Kier alpha value is -0.820. The van der Waals surface area contributed by atoms with Crippen molar-refractivity contribution in [2.45, 2.75) is 43.8 Å². The maximum absolute atomic E-state index is 12.2. The average molecular weight is 363 g/mol. The molecule has 0 aromatic heterocycles. The Morgan fingerprint density at radius 2 is 2.10 bits per heavy atom. The molecular formula is C14H23BrN2O4. The molecule has 2 aliphatic heterocycles. The smallest absolute Gasteiger partial charge is 0.407 e. The molecule has 1 spiro atoms. The molecule has 0 radical (unpaired) electrons. The van der Waals surface area contributed by atoms with Gasteiger partial charge in [-0.05, 0) is 32.1 Å². The number of halogens is 1. The quantitative estimate of drug-likeness (QED) is 0.612. The van der Waals surface area contributed by atoms with E-state index < -0.39 is 6.09 Å². The molecule has 2 saturated heterocycles. The highest BCUT2D eigenvalue weighted by Gasteiger charge is 2.45. The van der Waals surface area contributed by atoms with Crippen LogP contribution in [0.1, 0.15) is 32.1 Å². The van der Waals surface area contributed by atoms with Crippen LogP contribution in [-0.4, -0.2) is 70.6 Å². The third-order valence-corrected chi connectivity index (χ3v) is 4.93. The van der Waals surface area contributed by atoms with Gasteiger partial charge in [-0.15, -0.1) is 0 Å². The molecule has 6 nitrogen and oxygen atoms in total. The van der Waals surface area contributed by atoms with E-state index in [0.29, 0.717) is 32.5 Å². The summed E-state index contributed by atoms with van der Waals surface area (Å²) in [6.07, 6.45) is 2.78. The summed E-state index contributed by atoms with van der Waals surface area (Å²) in [5, 5.41) is 9.96. The second-order valence-corrected chi connectivity index (χ2v) is 6.73. The number of carboxylic acid groups (broad SMARTS) is 1. The number of ether oxygens (including phenoxy) is 1. The maximum atomic E-state index is 12.2. The van der Waals surface area contributed by atoms with Gasteiger partial charge in [0, 0.05) is 32.0 Å². The molecule has 0 aromatic rings. The lowest BCUT2D eigenvalue weighted by Gasteiger charge is -2.48. The van der Waals surface area contributed by atoms with Gasteiger partial charge in [0.1, 0.15) is 6.10 Å². The molecule has 0 aliphatic carbocycles. The first-order chi connectivity index (χ1) is 9.97. The number of carbonyl (C=O) groups is 2. The van der Waals surface area contributed by atoms with Gasteiger partial charge in [-0.25, -0.2) is 4.79 Å². The second-order valence-electron chi connectivity index (χ2n) is 5.94. The minimum atomic E-state index is -0.876. The number of likely N-dealkylation sites (tertiary alicyclic amines) is 1. The number of amides is 2. The van der Waals surface area contributed by atoms with Crippen molar-refractivity contribution in [3.8, 4) is 0 Å². The number of carbonyl (C=O) groups excluding carboxylic acids is 1. The molecule has 120 valence electrons. The number of piperidine rings is 1. The van der Waals surface area contributed by atoms with Gasteiger partial charge in [-0.2, -0.15) is 0 Å². The van der Waals surface area contributed by atoms with Gasteiger partial charge in [0.05, 0.1) is 5.60 Å². The standard InChI is InChI=1S/C14H23BrN2O4/c1-16-10-14(5-8-17(9-6-14)13(19)20)21-11(12(16)18)4-2-3-7-15/h11H,2-10H2,1H3,(H,19,20). The Bertz CT molecular complexity index is 396. The van der Waals surface area contributed by atoms with Crippen molar-refractivity contribution in [2.24, 2.45) is 0 Å². The van der Waals surface area contributed by atoms with E-state index in [1.807, 2.05) is 7.05 Å². The van der Waals surface area contributed by atoms with Crippen molar-refractivity contribution < 1.29 is 19.4 Å². The predicted octanol–water partition coefficient (Wildman–Crippen LogP) is 1.92. The summed E-state index contributed by atoms with van der Waals surface area (Å²) in [7, 11) is 1.81. The van der Waals surface area contributed by atoms with Crippen LogP contribution >= 0.6 is 15.9 Å². The Kier molecular flexibility index (Phi) is 5.48. The minimum absolute atomic E-state index is 0.0517. The van der Waals surface area contributed by atoms with Crippen molar-refractivity contribution in [1.29, 1.82) is 0 Å². The Morgan fingerprint density at radius 3 is 2.67 bits per heavy atom. The fourth-order valence-corrected chi connectivity index (χ4v) is 3.53. The minimum Gasteiger partial charge on any atom is -0.465 e. The SMILES string of the molecule is CN1CC2(CCN(C(=O)O)CC2)OC(CCCCBr)C1=O. The number of unbranched alkanes of at least 4 members (excludes halogenated alkanes) is 1. The third kappa shape index (κ3) is 3.88. The number of hydrogen-bond donors (Lipinski definition) is 1. The summed E-state index contributed by atoms with van der Waals surface area (Å²) in [6, 6.07) is 0. The fourth-order valence-electron chi connectivity index (χ4n) is 3.13. The zero-order valence-corrected chi connectivity index (χ0v) is 14.0. The molecule has 21 heavy (non-hydrogen) atoms. The molecule has 0 bridgehead atoms. The van der Waals surface area contributed by atoms with Gasteiger partial charge in [-0.3, -0.25) is 4.79 Å². The van der Waals surface area contributed by atoms with E-state index in [2.05, 4.69) is 15.9 Å². The third-order valence-electron chi connectivity index (χ3n) is 4.36. The summed E-state index contributed by atoms with van der Waals surface area (Å²) < 4.78 is 6.15. The zero-order valence-electron chi connectivity index (χ0n) is 12.4. The normalized spacial score (nSPS) is 25.4. The van der Waals surface area contributed by atoms with E-state index in [1.165, 1.54) is 4.90 Å². The number of hydrogen-bond acceptors (Lipinski definition) is 3. The highest BCUT2D eigenvalue weighted by atomic mass is 79.9. The van der Waals surface area contributed by atoms with Gasteiger partial charge in [-0.1, -0.05) is 15.9 Å². The maximum Gasteiger partial charge on any atom is 0.407 e. The first kappa shape index (κ1) is 16.5. The molecular weight excluding hydrogens is 340 g/mol. The molecule has 1 unspecified atom stereocenters. The van der Waals surface area contributed by atoms with Crippen LogP contribution in [0.2, 0.25) is 0 Å². The van der Waals surface area contributed by atoms with Crippen LogP contribution < -0.4 is 0 Å². The number of alkyl halides is 1. The van der Waals surface area contributed by atoms with Crippen LogP contribution in [0.25, 0.3) is 0 Å². The van der Waals surface area contributed by atoms with E-state index in [9.17, 15) is 9.59 Å². The second kappa shape index (κ2) is 6.96. The van der Waals surface area contributed by atoms with E-state index in [-0.39, 0.29) is 17.6 Å². The molecule has 2 heterocycles. The zero-order chi connectivity index (χ0) is 15.5. The number of rotatable bonds is 4. The van der Waals surface area contributed by atoms with Crippen LogP contribution in [0.3, 0.4) is 0 Å². The Morgan fingerprint density at radius 1 is 1.43 bits per heavy atom. The van der Waals surface area contributed by atoms with Crippen LogP contribution in [-0.2, 0) is 9.53 Å². The first-order valence-corrected chi connectivity index (χ1v) is 8.56. The number of morpholine rings is 1. The summed E-state index contributed by atoms with van der Waals surface area (Å²) in [6.45, 7) is 1.52. The fraction of sp³-hybridized carbons (Fsp3) is 0.857. The lowest BCUT2D eigenvalue weighted by Crippen LogP contribution is -2.61. The lowest BCUT2D eigenvalue weighted by molar-refractivity contribution is -0.190. The molecule has 0 saturated carbocycles. The van der Waals surface area contributed by atoms with Crippen LogP contribution in [0.5, 0.6) is 0 Å². The molecule has 2 amide bonds. The Labute approximate surface area is 133 Å². The summed E-state index contributed by atoms with van der Waals surface area (Å²) in [5.41, 5.74) is -0.367. The average Bonchev–Trinajstić information content (AvgIpc) is 2.45. The van der Waals surface area contributed by atoms with E-state index in [1.54, 1.807) is 4.90 Å². The van der Waals surface area contributed by atoms with Gasteiger partial charge in [0.15, 0.2) is 0 Å². The predicted molar refractivity (Wildman–Crippen MR) is 81.7 cm³/mol. The summed E-state index contributed by atoms with van der Waals surface area (Å²) in [4.78, 5) is 26.4. The van der Waals surface area contributed by atoms with E-state index >= 15 is 0 Å². The van der Waals surface area contributed by atoms with Crippen molar-refractivity contribution in [3.63, 3.8) is 0 Å². The van der Waals surface area contributed by atoms with Crippen molar-refractivity contribution in [1.82, 2.24) is 9.80 Å². The van der Waals surface area contributed by atoms with Crippen molar-refractivity contribution >= 4 is 27.9 Å². The van der Waals surface area contributed by atoms with Crippen molar-refractivity contribution in [2.75, 3.05) is 32.0 Å². The van der Waals surface area contributed by atoms with Gasteiger partial charge in [0.25, 0.3) is 5.91 Å². The van der Waals surface area contributed by atoms with Gasteiger partial charge < -0.3 is 19.6 Å². The van der Waals surface area contributed by atoms with Crippen LogP contribution in [0.4, 0.5) is 4.79 Å². The molecule has 7 heteroatoms. The first-order valence-electron chi connectivity index (χ1n) is 7.44. The molecule has 1 atom stereocenters. The molecule has 2 fully saturated rings. The largest absolute Gasteiger partial charge is 0.465 e. The highest BCUT2D eigenvalue weighted by molar-refractivity contribution is 9.09. The summed E-state index contributed by atoms with van der Waals surface area (Å²) in [5.74, 6) is 0.0517. The van der Waals surface area contributed by atoms with Crippen LogP contribution in [0.15, 0.2) is 0 Å². The lowest BCUT2D eigenvalue weighted by atomic mass is 9.88. The van der Waals surface area contributed by atoms with E-state index in [4.69, 9.17) is 9.84 Å². The number of likely N-dealkylation sites (N-methyl/N-ethyl adjacent to an activating group) is 1. The molecule has 2 rings (SSSR count). The van der Waals surface area contributed by atoms with Gasteiger partial charge in [0.2, 0.25) is 0 Å². The van der Waals surface area contributed by atoms with Gasteiger partial charge >= 0.3 is 6.09 Å². The van der Waals surface area contributed by atoms with Crippen LogP contribution in [0, 0.1) is 0 Å². The topological polar surface area (TPSA) is 70.1 Å². The monoisotopic (exact) mass is 362 g/mol. The highest BCUT2D eigenvalue weighted by Crippen LogP contribution is 2.33. The van der Waals surface area contributed by atoms with Crippen molar-refractivity contribution in [3.05, 3.63) is 0 Å². The molecule has 0 aromatic carbocycles. The van der Waals surface area contributed by atoms with E-state index in [0.717, 1.165) is 24.6 Å². The number of nitrogens with zero attached hydrogens (tertiary/aromatic N) is 2.